The van der Waals surface area contributed by atoms with Gasteiger partial charge < -0.3 is 14.0 Å². The smallest absolute Gasteiger partial charge is 0.258 e. The van der Waals surface area contributed by atoms with Gasteiger partial charge in [-0.1, -0.05) is 45.0 Å². The largest absolute Gasteiger partial charge is 0.491 e. The second-order valence-electron chi connectivity index (χ2n) is 8.59. The molecule has 3 rings (SSSR count). The summed E-state index contributed by atoms with van der Waals surface area (Å²) in [5.41, 5.74) is 3.20. The molecule has 164 valence electrons. The van der Waals surface area contributed by atoms with E-state index in [-0.39, 0.29) is 17.3 Å². The van der Waals surface area contributed by atoms with Gasteiger partial charge in [-0.2, -0.15) is 4.98 Å². The minimum atomic E-state index is -0.130. The van der Waals surface area contributed by atoms with Crippen molar-refractivity contribution in [2.75, 3.05) is 13.7 Å². The zero-order valence-corrected chi connectivity index (χ0v) is 19.1. The number of benzene rings is 2. The van der Waals surface area contributed by atoms with Crippen molar-refractivity contribution in [3.05, 3.63) is 53.6 Å². The highest BCUT2D eigenvalue weighted by molar-refractivity contribution is 5.94. The van der Waals surface area contributed by atoms with E-state index in [1.807, 2.05) is 24.3 Å². The number of aromatic nitrogens is 2. The summed E-state index contributed by atoms with van der Waals surface area (Å²) >= 11 is 0. The molecule has 6 nitrogen and oxygen atoms in total. The summed E-state index contributed by atoms with van der Waals surface area (Å²) in [6.07, 6.45) is 0.944. The fraction of sp³-hybridized carbons (Fsp3) is 0.400. The number of methoxy groups -OCH3 is 1. The van der Waals surface area contributed by atoms with Gasteiger partial charge >= 0.3 is 0 Å². The quantitative estimate of drug-likeness (QED) is 0.433. The standard InChI is InChI=1S/C25H30N2O4/c1-7-20(29-6)15-30-22-13-12-19(14-21(22)25(3,4)5)23-26-24(31-27-23)18-10-8-17(9-11-18)16(2)28/h8-14,20H,7,15H2,1-6H3. The highest BCUT2D eigenvalue weighted by Crippen LogP contribution is 2.35. The molecule has 0 saturated carbocycles. The van der Waals surface area contributed by atoms with Crippen LogP contribution in [0.5, 0.6) is 5.75 Å². The Balaban J connectivity index is 1.88. The molecule has 0 amide bonds. The third kappa shape index (κ3) is 5.39. The molecule has 0 aliphatic heterocycles. The van der Waals surface area contributed by atoms with Crippen molar-refractivity contribution < 1.29 is 18.8 Å². The Hall–Kier alpha value is -2.99. The maximum atomic E-state index is 11.5. The average molecular weight is 423 g/mol. The van der Waals surface area contributed by atoms with Crippen molar-refractivity contribution in [1.82, 2.24) is 10.1 Å². The number of carbonyl (C=O) groups excluding carboxylic acids is 1. The molecule has 0 aliphatic rings. The van der Waals surface area contributed by atoms with Gasteiger partial charge in [0.1, 0.15) is 12.4 Å². The van der Waals surface area contributed by atoms with Crippen molar-refractivity contribution in [2.24, 2.45) is 0 Å². The van der Waals surface area contributed by atoms with Gasteiger partial charge in [-0.3, -0.25) is 4.79 Å². The van der Waals surface area contributed by atoms with Crippen LogP contribution < -0.4 is 4.74 Å². The summed E-state index contributed by atoms with van der Waals surface area (Å²) in [6.45, 7) is 10.5. The van der Waals surface area contributed by atoms with E-state index in [1.54, 1.807) is 19.2 Å². The maximum absolute atomic E-state index is 11.5. The number of hydrogen-bond donors (Lipinski definition) is 0. The van der Waals surface area contributed by atoms with Gasteiger partial charge in [-0.05, 0) is 49.1 Å². The van der Waals surface area contributed by atoms with Crippen LogP contribution in [0.3, 0.4) is 0 Å². The Morgan fingerprint density at radius 3 is 2.35 bits per heavy atom. The molecule has 0 spiro atoms. The lowest BCUT2D eigenvalue weighted by molar-refractivity contribution is 0.0549. The second-order valence-corrected chi connectivity index (χ2v) is 8.59. The fourth-order valence-corrected chi connectivity index (χ4v) is 3.22. The lowest BCUT2D eigenvalue weighted by Gasteiger charge is -2.24. The summed E-state index contributed by atoms with van der Waals surface area (Å²) in [4.78, 5) is 16.0. The SMILES string of the molecule is CCC(COc1ccc(-c2noc(-c3ccc(C(C)=O)cc3)n2)cc1C(C)(C)C)OC. The Morgan fingerprint density at radius 1 is 1.10 bits per heavy atom. The molecule has 0 aliphatic carbocycles. The summed E-state index contributed by atoms with van der Waals surface area (Å²) in [5, 5.41) is 4.16. The zero-order chi connectivity index (χ0) is 22.6. The van der Waals surface area contributed by atoms with Crippen LogP contribution in [0.25, 0.3) is 22.8 Å². The highest BCUT2D eigenvalue weighted by Gasteiger charge is 2.22. The molecule has 0 N–H and O–H groups in total. The van der Waals surface area contributed by atoms with Crippen LogP contribution >= 0.6 is 0 Å². The van der Waals surface area contributed by atoms with Crippen molar-refractivity contribution >= 4 is 5.78 Å². The minimum absolute atomic E-state index is 0.0190. The Labute approximate surface area is 183 Å². The van der Waals surface area contributed by atoms with Gasteiger partial charge in [0.15, 0.2) is 5.78 Å². The van der Waals surface area contributed by atoms with Crippen LogP contribution in [0, 0.1) is 0 Å². The van der Waals surface area contributed by atoms with Gasteiger partial charge in [0.05, 0.1) is 6.10 Å². The van der Waals surface area contributed by atoms with E-state index in [9.17, 15) is 4.79 Å². The number of hydrogen-bond acceptors (Lipinski definition) is 6. The molecule has 2 aromatic carbocycles. The van der Waals surface area contributed by atoms with Crippen molar-refractivity contribution in [2.45, 2.75) is 52.6 Å². The van der Waals surface area contributed by atoms with Gasteiger partial charge in [0.25, 0.3) is 5.89 Å². The average Bonchev–Trinajstić information content (AvgIpc) is 3.24. The molecule has 0 saturated heterocycles. The van der Waals surface area contributed by atoms with E-state index >= 15 is 0 Å². The summed E-state index contributed by atoms with van der Waals surface area (Å²) < 4.78 is 17.0. The number of ketones is 1. The van der Waals surface area contributed by atoms with Crippen LogP contribution in [0.1, 0.15) is 57.0 Å². The third-order valence-electron chi connectivity index (χ3n) is 5.22. The van der Waals surface area contributed by atoms with Gasteiger partial charge in [0.2, 0.25) is 5.82 Å². The molecule has 3 aromatic rings. The molecule has 6 heteroatoms. The summed E-state index contributed by atoms with van der Waals surface area (Å²) in [7, 11) is 1.70. The normalized spacial score (nSPS) is 12.6. The molecule has 1 aromatic heterocycles. The topological polar surface area (TPSA) is 74.5 Å². The first-order valence-corrected chi connectivity index (χ1v) is 10.5. The Morgan fingerprint density at radius 2 is 1.77 bits per heavy atom. The van der Waals surface area contributed by atoms with Crippen molar-refractivity contribution in [1.29, 1.82) is 0 Å². The first kappa shape index (κ1) is 22.7. The number of rotatable bonds is 8. The number of nitrogens with zero attached hydrogens (tertiary/aromatic N) is 2. The minimum Gasteiger partial charge on any atom is -0.491 e. The number of carbonyl (C=O) groups is 1. The van der Waals surface area contributed by atoms with Crippen LogP contribution in [0.2, 0.25) is 0 Å². The van der Waals surface area contributed by atoms with E-state index in [1.165, 1.54) is 6.92 Å². The predicted octanol–water partition coefficient (Wildman–Crippen LogP) is 5.71. The first-order valence-electron chi connectivity index (χ1n) is 10.5. The molecule has 1 heterocycles. The second kappa shape index (κ2) is 9.43. The first-order chi connectivity index (χ1) is 14.7. The van der Waals surface area contributed by atoms with E-state index in [0.717, 1.165) is 28.9 Å². The molecule has 0 fully saturated rings. The molecule has 0 bridgehead atoms. The summed E-state index contributed by atoms with van der Waals surface area (Å²) in [6, 6.07) is 13.1. The van der Waals surface area contributed by atoms with Crippen molar-refractivity contribution in [3.63, 3.8) is 0 Å². The Kier molecular flexibility index (Phi) is 6.91. The highest BCUT2D eigenvalue weighted by atomic mass is 16.5. The van der Waals surface area contributed by atoms with Gasteiger partial charge in [0, 0.05) is 29.4 Å². The molecule has 0 radical (unpaired) electrons. The Bertz CT molecular complexity index is 1030. The zero-order valence-electron chi connectivity index (χ0n) is 19.1. The van der Waals surface area contributed by atoms with Crippen LogP contribution in [-0.2, 0) is 10.2 Å². The molecule has 1 unspecified atom stereocenters. The number of Topliss-reactive ketones (excluding diaryl/α,β-unsaturated/α-hetero) is 1. The maximum Gasteiger partial charge on any atom is 0.258 e. The lowest BCUT2D eigenvalue weighted by atomic mass is 9.85. The van der Waals surface area contributed by atoms with E-state index in [4.69, 9.17) is 14.0 Å². The lowest BCUT2D eigenvalue weighted by Crippen LogP contribution is -2.21. The van der Waals surface area contributed by atoms with Gasteiger partial charge in [-0.15, -0.1) is 0 Å². The van der Waals surface area contributed by atoms with Crippen molar-refractivity contribution in [3.8, 4) is 28.6 Å². The molecular weight excluding hydrogens is 392 g/mol. The van der Waals surface area contributed by atoms with E-state index in [2.05, 4.69) is 43.9 Å². The number of ether oxygens (including phenoxy) is 2. The predicted molar refractivity (Wildman–Crippen MR) is 120 cm³/mol. The van der Waals surface area contributed by atoms with E-state index in [0.29, 0.717) is 23.9 Å². The van der Waals surface area contributed by atoms with Crippen LogP contribution in [0.4, 0.5) is 0 Å². The monoisotopic (exact) mass is 422 g/mol. The molecule has 1 atom stereocenters. The molecule has 31 heavy (non-hydrogen) atoms. The third-order valence-corrected chi connectivity index (χ3v) is 5.22. The molecular formula is C25H30N2O4. The van der Waals surface area contributed by atoms with Gasteiger partial charge in [-0.25, -0.2) is 0 Å². The fourth-order valence-electron chi connectivity index (χ4n) is 3.22. The van der Waals surface area contributed by atoms with E-state index < -0.39 is 0 Å². The van der Waals surface area contributed by atoms with Crippen LogP contribution in [0.15, 0.2) is 47.0 Å². The summed E-state index contributed by atoms with van der Waals surface area (Å²) in [5.74, 6) is 1.76. The van der Waals surface area contributed by atoms with Crippen LogP contribution in [-0.4, -0.2) is 35.7 Å².